The first-order valence-corrected chi connectivity index (χ1v) is 15.8. The molecule has 3 aromatic carbocycles. The summed E-state index contributed by atoms with van der Waals surface area (Å²) in [6.45, 7) is 0.105. The van der Waals surface area contributed by atoms with Crippen LogP contribution >= 0.6 is 0 Å². The molecule has 230 valence electrons. The number of rotatable bonds is 8. The molecule has 3 fully saturated rings. The van der Waals surface area contributed by atoms with E-state index in [0.717, 1.165) is 21.0 Å². The molecule has 4 amide bonds. The van der Waals surface area contributed by atoms with E-state index in [0.29, 0.717) is 11.8 Å². The van der Waals surface area contributed by atoms with E-state index in [4.69, 9.17) is 9.47 Å². The first-order valence-electron chi connectivity index (χ1n) is 14.3. The fourth-order valence-corrected chi connectivity index (χ4v) is 6.66. The van der Waals surface area contributed by atoms with Crippen LogP contribution in [0.3, 0.4) is 0 Å². The molecule has 3 unspecified atom stereocenters. The lowest BCUT2D eigenvalue weighted by atomic mass is 10.1. The van der Waals surface area contributed by atoms with Gasteiger partial charge in [-0.3, -0.25) is 14.4 Å². The van der Waals surface area contributed by atoms with Gasteiger partial charge in [0.1, 0.15) is 12.1 Å². The lowest BCUT2D eigenvalue weighted by molar-refractivity contribution is -0.169. The maximum absolute atomic E-state index is 13.8. The molecule has 0 spiro atoms. The fourth-order valence-electron chi connectivity index (χ4n) is 5.57. The zero-order valence-corrected chi connectivity index (χ0v) is 24.4. The van der Waals surface area contributed by atoms with Crippen LogP contribution < -0.4 is 10.1 Å². The van der Waals surface area contributed by atoms with Gasteiger partial charge >= 0.3 is 12.0 Å². The van der Waals surface area contributed by atoms with Gasteiger partial charge < -0.3 is 14.8 Å². The maximum Gasteiger partial charge on any atom is 0.354 e. The van der Waals surface area contributed by atoms with Crippen LogP contribution in [0.1, 0.15) is 31.2 Å². The second-order valence-corrected chi connectivity index (χ2v) is 12.4. The molecule has 0 aromatic heterocycles. The van der Waals surface area contributed by atoms with E-state index in [-0.39, 0.29) is 43.9 Å². The van der Waals surface area contributed by atoms with Crippen LogP contribution in [0, 0.1) is 0 Å². The minimum atomic E-state index is -4.23. The number of amides is 4. The first-order chi connectivity index (χ1) is 21.2. The highest BCUT2D eigenvalue weighted by Crippen LogP contribution is 2.26. The number of carbonyl (C=O) groups excluding carboxylic acids is 4. The average molecular weight is 622 g/mol. The van der Waals surface area contributed by atoms with Crippen molar-refractivity contribution in [2.24, 2.45) is 0 Å². The Labute approximate surface area is 253 Å². The molecule has 3 aliphatic heterocycles. The molecule has 3 aliphatic rings. The van der Waals surface area contributed by atoms with E-state index in [1.807, 2.05) is 42.5 Å². The molecule has 0 saturated carbocycles. The molecule has 3 aromatic rings. The van der Waals surface area contributed by atoms with Crippen molar-refractivity contribution in [3.63, 3.8) is 0 Å². The highest BCUT2D eigenvalue weighted by Gasteiger charge is 2.46. The second-order valence-electron chi connectivity index (χ2n) is 10.8. The molecule has 3 saturated heterocycles. The monoisotopic (exact) mass is 621 g/mol. The first kappa shape index (κ1) is 29.5. The van der Waals surface area contributed by atoms with Gasteiger partial charge in [-0.05, 0) is 41.3 Å². The quantitative estimate of drug-likeness (QED) is 0.362. The minimum Gasteiger partial charge on any atom is -0.433 e. The lowest BCUT2D eigenvalue weighted by Gasteiger charge is -2.43. The number of cyclic esters (lactones) is 1. The second kappa shape index (κ2) is 12.2. The third-order valence-corrected chi connectivity index (χ3v) is 9.11. The number of hydrogen-bond acceptors (Lipinski definition) is 8. The van der Waals surface area contributed by atoms with Gasteiger partial charge in [-0.1, -0.05) is 60.7 Å². The molecule has 0 radical (unpaired) electrons. The van der Waals surface area contributed by atoms with Crippen LogP contribution in [0.2, 0.25) is 0 Å². The predicted molar refractivity (Wildman–Crippen MR) is 155 cm³/mol. The van der Waals surface area contributed by atoms with Gasteiger partial charge in [0.2, 0.25) is 18.1 Å². The number of hydrogen-bond donors (Lipinski definition) is 2. The number of benzene rings is 3. The lowest BCUT2D eigenvalue weighted by Crippen LogP contribution is -2.65. The van der Waals surface area contributed by atoms with Crippen LogP contribution in [-0.2, 0) is 40.5 Å². The molecule has 0 bridgehead atoms. The van der Waals surface area contributed by atoms with Gasteiger partial charge in [0.25, 0.3) is 10.0 Å². The molecule has 3 atom stereocenters. The van der Waals surface area contributed by atoms with Gasteiger partial charge in [-0.2, -0.15) is 0 Å². The van der Waals surface area contributed by atoms with E-state index in [1.165, 1.54) is 17.1 Å². The zero-order valence-electron chi connectivity index (χ0n) is 23.6. The maximum atomic E-state index is 13.8. The Kier molecular flexibility index (Phi) is 8.21. The summed E-state index contributed by atoms with van der Waals surface area (Å²) in [5.74, 6) is -1.59. The molecular formula is C30H31N5O8S. The third-order valence-electron chi connectivity index (χ3n) is 7.78. The van der Waals surface area contributed by atoms with Crippen molar-refractivity contribution >= 4 is 44.6 Å². The highest BCUT2D eigenvalue weighted by atomic mass is 32.2. The molecule has 44 heavy (non-hydrogen) atoms. The topological polar surface area (TPSA) is 155 Å². The van der Waals surface area contributed by atoms with E-state index in [9.17, 15) is 27.6 Å². The molecular weight excluding hydrogens is 590 g/mol. The number of urea groups is 1. The SMILES string of the molecule is O=C1CC(NC(=O)C2CCCN3C(=O)CCN(NS(=O)(=O)c4ccc5ccccc5c4)C(=O)N23)C(OCc2ccccc2)O1. The summed E-state index contributed by atoms with van der Waals surface area (Å²) in [5, 5.41) is 7.36. The van der Waals surface area contributed by atoms with Crippen molar-refractivity contribution in [1.82, 2.24) is 25.2 Å². The number of sulfonamides is 1. The summed E-state index contributed by atoms with van der Waals surface area (Å²) in [6.07, 6.45) is -0.685. The van der Waals surface area contributed by atoms with E-state index in [2.05, 4.69) is 10.1 Å². The molecule has 0 aliphatic carbocycles. The van der Waals surface area contributed by atoms with Gasteiger partial charge in [0.15, 0.2) is 0 Å². The molecule has 13 nitrogen and oxygen atoms in total. The Morgan fingerprint density at radius 1 is 0.955 bits per heavy atom. The molecule has 6 rings (SSSR count). The normalized spacial score (nSPS) is 22.5. The van der Waals surface area contributed by atoms with Crippen molar-refractivity contribution in [2.75, 3.05) is 13.1 Å². The Hall–Kier alpha value is -4.53. The predicted octanol–water partition coefficient (Wildman–Crippen LogP) is 2.04. The van der Waals surface area contributed by atoms with Crippen LogP contribution in [0.25, 0.3) is 10.8 Å². The highest BCUT2D eigenvalue weighted by molar-refractivity contribution is 7.89. The largest absolute Gasteiger partial charge is 0.433 e. The van der Waals surface area contributed by atoms with E-state index >= 15 is 0 Å². The summed E-state index contributed by atoms with van der Waals surface area (Å²) < 4.78 is 37.8. The molecule has 3 heterocycles. The van der Waals surface area contributed by atoms with Crippen molar-refractivity contribution in [3.8, 4) is 0 Å². The summed E-state index contributed by atoms with van der Waals surface area (Å²) in [4.78, 5) is 54.9. The summed E-state index contributed by atoms with van der Waals surface area (Å²) in [5.41, 5.74) is 0.850. The van der Waals surface area contributed by atoms with Crippen molar-refractivity contribution in [1.29, 1.82) is 0 Å². The van der Waals surface area contributed by atoms with Crippen molar-refractivity contribution < 1.29 is 37.1 Å². The standard InChI is InChI=1S/C30H31N5O8S/c36-26-14-16-33(32-44(40,41)23-13-12-21-9-4-5-10-22(21)17-23)30(39)35-25(11-6-15-34(26)35)28(38)31-24-18-27(37)43-29(24)42-19-20-7-2-1-3-8-20/h1-5,7-10,12-13,17,24-25,29,32H,6,11,14-16,18-19H2,(H,31,38). The average Bonchev–Trinajstić information content (AvgIpc) is 3.33. The van der Waals surface area contributed by atoms with Crippen LogP contribution in [0.5, 0.6) is 0 Å². The van der Waals surface area contributed by atoms with Gasteiger partial charge in [0, 0.05) is 19.5 Å². The number of hydrazine groups is 2. The Balaban J connectivity index is 1.19. The Morgan fingerprint density at radius 2 is 1.70 bits per heavy atom. The minimum absolute atomic E-state index is 0.0585. The molecule has 2 N–H and O–H groups in total. The number of nitrogens with one attached hydrogen (secondary N) is 2. The van der Waals surface area contributed by atoms with E-state index < -0.39 is 52.2 Å². The zero-order chi connectivity index (χ0) is 30.8. The van der Waals surface area contributed by atoms with Crippen LogP contribution in [0.15, 0.2) is 77.7 Å². The van der Waals surface area contributed by atoms with E-state index in [1.54, 1.807) is 18.2 Å². The van der Waals surface area contributed by atoms with Crippen LogP contribution in [-0.4, -0.2) is 78.7 Å². The number of carbonyl (C=O) groups is 4. The Morgan fingerprint density at radius 3 is 2.50 bits per heavy atom. The van der Waals surface area contributed by atoms with Gasteiger partial charge in [0.05, 0.1) is 17.9 Å². The number of esters is 1. The van der Waals surface area contributed by atoms with Gasteiger partial charge in [-0.15, -0.1) is 4.83 Å². The Bertz CT molecular complexity index is 1700. The summed E-state index contributed by atoms with van der Waals surface area (Å²) >= 11 is 0. The van der Waals surface area contributed by atoms with Crippen molar-refractivity contribution in [3.05, 3.63) is 78.4 Å². The van der Waals surface area contributed by atoms with Crippen molar-refractivity contribution in [2.45, 2.75) is 55.6 Å². The third kappa shape index (κ3) is 6.09. The number of nitrogens with zero attached hydrogens (tertiary/aromatic N) is 3. The smallest absolute Gasteiger partial charge is 0.354 e. The number of ether oxygens (including phenoxy) is 2. The molecule has 14 heteroatoms. The van der Waals surface area contributed by atoms with Gasteiger partial charge in [-0.25, -0.2) is 28.2 Å². The summed E-state index contributed by atoms with van der Waals surface area (Å²) in [6, 6.07) is 18.3. The van der Waals surface area contributed by atoms with Crippen LogP contribution in [0.4, 0.5) is 4.79 Å². The number of fused-ring (bicyclic) bond motifs is 2. The summed E-state index contributed by atoms with van der Waals surface area (Å²) in [7, 11) is -4.23. The fraction of sp³-hybridized carbons (Fsp3) is 0.333.